The Kier molecular flexibility index (Phi) is 5.64. The Labute approximate surface area is 76.0 Å². The molecule has 0 radical (unpaired) electrons. The van der Waals surface area contributed by atoms with Gasteiger partial charge in [-0.25, -0.2) is 0 Å². The van der Waals surface area contributed by atoms with Gasteiger partial charge >= 0.3 is 5.97 Å². The van der Waals surface area contributed by atoms with Gasteiger partial charge in [-0.2, -0.15) is 5.26 Å². The number of furan rings is 1. The lowest BCUT2D eigenvalue weighted by molar-refractivity contribution is -0.135. The number of nitriles is 1. The molecule has 0 saturated heterocycles. The summed E-state index contributed by atoms with van der Waals surface area (Å²) >= 11 is 0. The first-order valence-corrected chi connectivity index (χ1v) is 3.42. The number of carbonyl (C=O) groups is 1. The summed E-state index contributed by atoms with van der Waals surface area (Å²) in [7, 11) is 0. The van der Waals surface area contributed by atoms with E-state index in [4.69, 9.17) is 5.26 Å². The molecular weight excluding hydrogens is 170 g/mol. The number of esters is 1. The average molecular weight is 179 g/mol. The van der Waals surface area contributed by atoms with Crippen molar-refractivity contribution >= 4 is 5.97 Å². The van der Waals surface area contributed by atoms with Crippen LogP contribution in [-0.4, -0.2) is 5.97 Å². The van der Waals surface area contributed by atoms with Gasteiger partial charge in [-0.1, -0.05) is 6.58 Å². The third-order valence-electron chi connectivity index (χ3n) is 0.881. The number of ether oxygens (including phenoxy) is 1. The molecule has 1 aromatic heterocycles. The minimum Gasteiger partial charge on any atom is -0.454 e. The Balaban J connectivity index is 0.000000226. The first-order chi connectivity index (χ1) is 6.20. The van der Waals surface area contributed by atoms with E-state index < -0.39 is 0 Å². The predicted molar refractivity (Wildman–Crippen MR) is 45.4 cm³/mol. The van der Waals surface area contributed by atoms with Gasteiger partial charge in [0.05, 0.1) is 12.5 Å². The first kappa shape index (κ1) is 11.0. The fourth-order valence-electron chi connectivity index (χ4n) is 0.460. The number of rotatable bonds is 1. The van der Waals surface area contributed by atoms with E-state index in [1.54, 1.807) is 12.1 Å². The van der Waals surface area contributed by atoms with Crippen molar-refractivity contribution in [1.29, 1.82) is 5.26 Å². The van der Waals surface area contributed by atoms with Crippen molar-refractivity contribution in [3.63, 3.8) is 0 Å². The highest BCUT2D eigenvalue weighted by Gasteiger charge is 1.84. The molecule has 0 aliphatic rings. The summed E-state index contributed by atoms with van der Waals surface area (Å²) in [5.74, 6) is 0.0324. The van der Waals surface area contributed by atoms with Crippen LogP contribution in [0.3, 0.4) is 0 Å². The van der Waals surface area contributed by atoms with Crippen molar-refractivity contribution in [2.24, 2.45) is 0 Å². The first-order valence-electron chi connectivity index (χ1n) is 3.42. The maximum absolute atomic E-state index is 9.75. The summed E-state index contributed by atoms with van der Waals surface area (Å²) in [4.78, 5) is 9.75. The highest BCUT2D eigenvalue weighted by atomic mass is 16.5. The standard InChI is InChI=1S/C5H3NO.C4H6O2/c6-4-5-2-1-3-7-5;1-3-6-4(2)5/h1-3H;3H,1H2,2H3. The van der Waals surface area contributed by atoms with Gasteiger partial charge in [0.15, 0.2) is 0 Å². The molecule has 0 unspecified atom stereocenters. The highest BCUT2D eigenvalue weighted by Crippen LogP contribution is 1.94. The SMILES string of the molecule is C=COC(C)=O.N#Cc1ccco1. The summed E-state index contributed by atoms with van der Waals surface area (Å²) in [5, 5.41) is 8.08. The Morgan fingerprint density at radius 2 is 2.54 bits per heavy atom. The van der Waals surface area contributed by atoms with E-state index in [-0.39, 0.29) is 5.97 Å². The summed E-state index contributed by atoms with van der Waals surface area (Å²) in [6.07, 6.45) is 2.57. The number of carbonyl (C=O) groups excluding carboxylic acids is 1. The van der Waals surface area contributed by atoms with E-state index in [0.29, 0.717) is 5.76 Å². The molecule has 0 aliphatic heterocycles. The third kappa shape index (κ3) is 6.38. The van der Waals surface area contributed by atoms with Crippen LogP contribution in [0, 0.1) is 11.3 Å². The molecule has 1 heterocycles. The largest absolute Gasteiger partial charge is 0.454 e. The molecule has 0 amide bonds. The minimum atomic E-state index is -0.329. The van der Waals surface area contributed by atoms with E-state index in [9.17, 15) is 4.79 Å². The lowest BCUT2D eigenvalue weighted by atomic mass is 10.5. The van der Waals surface area contributed by atoms with Gasteiger partial charge in [-0.15, -0.1) is 0 Å². The molecule has 1 rings (SSSR count). The number of nitrogens with zero attached hydrogens (tertiary/aromatic N) is 1. The van der Waals surface area contributed by atoms with Gasteiger partial charge in [0, 0.05) is 6.92 Å². The van der Waals surface area contributed by atoms with Crippen LogP contribution in [0.5, 0.6) is 0 Å². The van der Waals surface area contributed by atoms with Crippen molar-refractivity contribution in [3.05, 3.63) is 37.0 Å². The van der Waals surface area contributed by atoms with Crippen molar-refractivity contribution in [3.8, 4) is 6.07 Å². The smallest absolute Gasteiger partial charge is 0.307 e. The van der Waals surface area contributed by atoms with Gasteiger partial charge in [0.25, 0.3) is 0 Å². The molecule has 0 atom stereocenters. The van der Waals surface area contributed by atoms with E-state index >= 15 is 0 Å². The summed E-state index contributed by atoms with van der Waals surface area (Å²) < 4.78 is 8.79. The van der Waals surface area contributed by atoms with E-state index in [1.165, 1.54) is 13.2 Å². The van der Waals surface area contributed by atoms with E-state index in [1.807, 2.05) is 6.07 Å². The molecule has 0 bridgehead atoms. The van der Waals surface area contributed by atoms with Crippen LogP contribution in [0.4, 0.5) is 0 Å². The number of hydrogen-bond donors (Lipinski definition) is 0. The summed E-state index contributed by atoms with van der Waals surface area (Å²) in [6.45, 7) is 4.48. The van der Waals surface area contributed by atoms with Crippen LogP contribution < -0.4 is 0 Å². The lowest BCUT2D eigenvalue weighted by Crippen LogP contribution is -1.87. The molecule has 0 spiro atoms. The second kappa shape index (κ2) is 6.68. The van der Waals surface area contributed by atoms with Gasteiger partial charge in [0.1, 0.15) is 6.07 Å². The van der Waals surface area contributed by atoms with E-state index in [0.717, 1.165) is 6.26 Å². The fourth-order valence-corrected chi connectivity index (χ4v) is 0.460. The monoisotopic (exact) mass is 179 g/mol. The zero-order valence-corrected chi connectivity index (χ0v) is 7.19. The molecule has 0 N–H and O–H groups in total. The molecule has 0 aromatic carbocycles. The molecule has 0 saturated carbocycles. The van der Waals surface area contributed by atoms with Gasteiger partial charge in [-0.05, 0) is 12.1 Å². The van der Waals surface area contributed by atoms with Crippen LogP contribution in [0.1, 0.15) is 12.7 Å². The van der Waals surface area contributed by atoms with Crippen LogP contribution in [-0.2, 0) is 9.53 Å². The van der Waals surface area contributed by atoms with Crippen LogP contribution in [0.15, 0.2) is 35.7 Å². The topological polar surface area (TPSA) is 63.2 Å². The Morgan fingerprint density at radius 1 is 1.85 bits per heavy atom. The van der Waals surface area contributed by atoms with Gasteiger partial charge < -0.3 is 9.15 Å². The molecule has 0 fully saturated rings. The van der Waals surface area contributed by atoms with Gasteiger partial charge in [0.2, 0.25) is 5.76 Å². The van der Waals surface area contributed by atoms with E-state index in [2.05, 4.69) is 15.7 Å². The normalized spacial score (nSPS) is 7.38. The minimum absolute atomic E-state index is 0.329. The van der Waals surface area contributed by atoms with Crippen LogP contribution >= 0.6 is 0 Å². The fraction of sp³-hybridized carbons (Fsp3) is 0.111. The third-order valence-corrected chi connectivity index (χ3v) is 0.881. The van der Waals surface area contributed by atoms with Gasteiger partial charge in [-0.3, -0.25) is 4.79 Å². The average Bonchev–Trinajstić information content (AvgIpc) is 2.56. The summed E-state index contributed by atoms with van der Waals surface area (Å²) in [5.41, 5.74) is 0. The van der Waals surface area contributed by atoms with Crippen molar-refractivity contribution in [2.45, 2.75) is 6.92 Å². The van der Waals surface area contributed by atoms with Crippen molar-refractivity contribution in [2.75, 3.05) is 0 Å². The predicted octanol–water partition coefficient (Wildman–Crippen LogP) is 1.84. The summed E-state index contributed by atoms with van der Waals surface area (Å²) in [6, 6.07) is 5.13. The molecule has 0 aliphatic carbocycles. The van der Waals surface area contributed by atoms with Crippen molar-refractivity contribution in [1.82, 2.24) is 0 Å². The van der Waals surface area contributed by atoms with Crippen molar-refractivity contribution < 1.29 is 13.9 Å². The molecule has 4 nitrogen and oxygen atoms in total. The number of hydrogen-bond acceptors (Lipinski definition) is 4. The molecule has 13 heavy (non-hydrogen) atoms. The Hall–Kier alpha value is -2.02. The maximum atomic E-state index is 9.75. The highest BCUT2D eigenvalue weighted by molar-refractivity contribution is 5.66. The van der Waals surface area contributed by atoms with Crippen LogP contribution in [0.2, 0.25) is 0 Å². The van der Waals surface area contributed by atoms with Crippen LogP contribution in [0.25, 0.3) is 0 Å². The molecular formula is C9H9NO3. The Morgan fingerprint density at radius 3 is 2.69 bits per heavy atom. The zero-order chi connectivity index (χ0) is 10.1. The lowest BCUT2D eigenvalue weighted by Gasteiger charge is -1.83. The Bertz CT molecular complexity index is 295. The molecule has 68 valence electrons. The maximum Gasteiger partial charge on any atom is 0.307 e. The quantitative estimate of drug-likeness (QED) is 0.487. The second-order valence-electron chi connectivity index (χ2n) is 1.87. The molecule has 1 aromatic rings. The zero-order valence-electron chi connectivity index (χ0n) is 7.19. The molecule has 4 heteroatoms. The second-order valence-corrected chi connectivity index (χ2v) is 1.87.